The van der Waals surface area contributed by atoms with Crippen LogP contribution >= 0.6 is 0 Å². The lowest BCUT2D eigenvalue weighted by Crippen LogP contribution is -2.26. The van der Waals surface area contributed by atoms with Crippen molar-refractivity contribution < 1.29 is 14.3 Å². The number of nitrogens with zero attached hydrogens (tertiary/aromatic N) is 1. The fourth-order valence-corrected chi connectivity index (χ4v) is 2.74. The highest BCUT2D eigenvalue weighted by Crippen LogP contribution is 2.18. The average Bonchev–Trinajstić information content (AvgIpc) is 2.72. The van der Waals surface area contributed by atoms with Crippen molar-refractivity contribution in [2.24, 2.45) is 10.7 Å². The molecule has 0 spiro atoms. The number of rotatable bonds is 10. The van der Waals surface area contributed by atoms with Crippen LogP contribution in [0.1, 0.15) is 38.3 Å². The first-order valence-electron chi connectivity index (χ1n) is 9.75. The van der Waals surface area contributed by atoms with Gasteiger partial charge in [0.15, 0.2) is 5.96 Å². The van der Waals surface area contributed by atoms with Crippen LogP contribution in [0.5, 0.6) is 11.5 Å². The van der Waals surface area contributed by atoms with Crippen molar-refractivity contribution in [2.75, 3.05) is 25.6 Å². The maximum Gasteiger partial charge on any atom is 0.220 e. The van der Waals surface area contributed by atoms with Crippen LogP contribution in [-0.4, -0.2) is 32.1 Å². The number of methoxy groups -OCH3 is 1. The lowest BCUT2D eigenvalue weighted by atomic mass is 10.1. The summed E-state index contributed by atoms with van der Waals surface area (Å²) in [7, 11) is 1.61. The first kappa shape index (κ1) is 22.1. The predicted octanol–water partition coefficient (Wildman–Crippen LogP) is 3.48. The smallest absolute Gasteiger partial charge is 0.220 e. The summed E-state index contributed by atoms with van der Waals surface area (Å²) < 4.78 is 10.6. The first-order valence-corrected chi connectivity index (χ1v) is 9.75. The molecule has 0 aliphatic rings. The summed E-state index contributed by atoms with van der Waals surface area (Å²) in [6, 6.07) is 15.1. The van der Waals surface area contributed by atoms with Gasteiger partial charge in [-0.25, -0.2) is 0 Å². The molecule has 0 aliphatic heterocycles. The molecule has 4 N–H and O–H groups in total. The second-order valence-electron chi connectivity index (χ2n) is 6.52. The monoisotopic (exact) mass is 398 g/mol. The van der Waals surface area contributed by atoms with E-state index in [1.54, 1.807) is 7.11 Å². The summed E-state index contributed by atoms with van der Waals surface area (Å²) in [5.74, 6) is 1.86. The van der Waals surface area contributed by atoms with Gasteiger partial charge in [0.05, 0.1) is 19.8 Å². The standard InChI is InChI=1S/C22H30N4O3/c1-4-29-19-12-10-17(11-13-19)16(2)25-21(27)9-6-14-24-22(23)26-18-7-5-8-20(15-18)28-3/h5,7-8,10-13,15-16H,4,6,9,14H2,1-3H3,(H,25,27)(H3,23,24,26). The lowest BCUT2D eigenvalue weighted by Gasteiger charge is -2.15. The van der Waals surface area contributed by atoms with Gasteiger partial charge in [0.2, 0.25) is 5.91 Å². The summed E-state index contributed by atoms with van der Waals surface area (Å²) in [5.41, 5.74) is 7.72. The number of hydrogen-bond acceptors (Lipinski definition) is 4. The topological polar surface area (TPSA) is 98.0 Å². The highest BCUT2D eigenvalue weighted by atomic mass is 16.5. The molecule has 1 atom stereocenters. The van der Waals surface area contributed by atoms with Gasteiger partial charge >= 0.3 is 0 Å². The van der Waals surface area contributed by atoms with Crippen molar-refractivity contribution in [3.8, 4) is 11.5 Å². The molecule has 0 bridgehead atoms. The fourth-order valence-electron chi connectivity index (χ4n) is 2.74. The van der Waals surface area contributed by atoms with E-state index in [2.05, 4.69) is 15.6 Å². The molecule has 2 aromatic carbocycles. The van der Waals surface area contributed by atoms with E-state index in [4.69, 9.17) is 15.2 Å². The van der Waals surface area contributed by atoms with Crippen LogP contribution in [0.4, 0.5) is 5.69 Å². The number of hydrogen-bond donors (Lipinski definition) is 3. The molecule has 0 saturated heterocycles. The summed E-state index contributed by atoms with van der Waals surface area (Å²) in [6.07, 6.45) is 1.000. The third kappa shape index (κ3) is 7.73. The fraction of sp³-hybridized carbons (Fsp3) is 0.364. The van der Waals surface area contributed by atoms with Crippen LogP contribution < -0.4 is 25.8 Å². The molecule has 2 aromatic rings. The molecule has 0 heterocycles. The Labute approximate surface area is 172 Å². The third-order valence-corrected chi connectivity index (χ3v) is 4.25. The van der Waals surface area contributed by atoms with Crippen molar-refractivity contribution in [3.63, 3.8) is 0 Å². The van der Waals surface area contributed by atoms with E-state index in [0.717, 1.165) is 22.7 Å². The molecule has 0 aromatic heterocycles. The van der Waals surface area contributed by atoms with Crippen LogP contribution in [0.3, 0.4) is 0 Å². The predicted molar refractivity (Wildman–Crippen MR) is 117 cm³/mol. The number of carbonyl (C=O) groups is 1. The van der Waals surface area contributed by atoms with E-state index in [1.807, 2.05) is 62.4 Å². The molecule has 2 rings (SSSR count). The summed E-state index contributed by atoms with van der Waals surface area (Å²) >= 11 is 0. The zero-order valence-corrected chi connectivity index (χ0v) is 17.3. The van der Waals surface area contributed by atoms with Crippen molar-refractivity contribution in [2.45, 2.75) is 32.7 Å². The quantitative estimate of drug-likeness (QED) is 0.323. The molecule has 1 unspecified atom stereocenters. The Hall–Kier alpha value is -3.22. The second-order valence-corrected chi connectivity index (χ2v) is 6.52. The van der Waals surface area contributed by atoms with Crippen LogP contribution in [0.25, 0.3) is 0 Å². The number of aliphatic imine (C=N–C) groups is 1. The maximum atomic E-state index is 12.2. The summed E-state index contributed by atoms with van der Waals surface area (Å²) in [5, 5.41) is 6.01. The Balaban J connectivity index is 1.72. The van der Waals surface area contributed by atoms with Crippen LogP contribution in [0, 0.1) is 0 Å². The molecule has 156 valence electrons. The molecule has 0 radical (unpaired) electrons. The van der Waals surface area contributed by atoms with E-state index in [1.165, 1.54) is 0 Å². The van der Waals surface area contributed by atoms with Crippen molar-refractivity contribution in [1.82, 2.24) is 5.32 Å². The molecule has 0 fully saturated rings. The molecule has 29 heavy (non-hydrogen) atoms. The Bertz CT molecular complexity index is 806. The van der Waals surface area contributed by atoms with Crippen LogP contribution in [0.2, 0.25) is 0 Å². The van der Waals surface area contributed by atoms with Gasteiger partial charge in [-0.05, 0) is 50.1 Å². The van der Waals surface area contributed by atoms with Gasteiger partial charge in [-0.1, -0.05) is 18.2 Å². The van der Waals surface area contributed by atoms with E-state index in [0.29, 0.717) is 32.0 Å². The van der Waals surface area contributed by atoms with Gasteiger partial charge in [-0.2, -0.15) is 0 Å². The first-order chi connectivity index (χ1) is 14.0. The van der Waals surface area contributed by atoms with Crippen LogP contribution in [0.15, 0.2) is 53.5 Å². The number of ether oxygens (including phenoxy) is 2. The van der Waals surface area contributed by atoms with Crippen molar-refractivity contribution in [3.05, 3.63) is 54.1 Å². The van der Waals surface area contributed by atoms with E-state index in [-0.39, 0.29) is 11.9 Å². The number of benzene rings is 2. The molecule has 7 heteroatoms. The maximum absolute atomic E-state index is 12.2. The largest absolute Gasteiger partial charge is 0.497 e. The average molecular weight is 399 g/mol. The number of carbonyl (C=O) groups excluding carboxylic acids is 1. The van der Waals surface area contributed by atoms with Gasteiger partial charge in [0, 0.05) is 24.7 Å². The molecule has 0 aliphatic carbocycles. The highest BCUT2D eigenvalue weighted by molar-refractivity contribution is 5.92. The number of nitrogens with two attached hydrogens (primary N) is 1. The van der Waals surface area contributed by atoms with E-state index < -0.39 is 0 Å². The minimum Gasteiger partial charge on any atom is -0.497 e. The molecule has 1 amide bonds. The molecule has 7 nitrogen and oxygen atoms in total. The number of anilines is 1. The number of amides is 1. The van der Waals surface area contributed by atoms with Crippen molar-refractivity contribution >= 4 is 17.6 Å². The minimum atomic E-state index is -0.0681. The van der Waals surface area contributed by atoms with Crippen LogP contribution in [-0.2, 0) is 4.79 Å². The summed E-state index contributed by atoms with van der Waals surface area (Å²) in [4.78, 5) is 16.4. The Kier molecular flexibility index (Phi) is 8.82. The van der Waals surface area contributed by atoms with E-state index >= 15 is 0 Å². The SMILES string of the molecule is CCOc1ccc(C(C)NC(=O)CCCN=C(N)Nc2cccc(OC)c2)cc1. The lowest BCUT2D eigenvalue weighted by molar-refractivity contribution is -0.121. The summed E-state index contributed by atoms with van der Waals surface area (Å²) in [6.45, 7) is 5.01. The second kappa shape index (κ2) is 11.6. The number of nitrogens with one attached hydrogen (secondary N) is 2. The van der Waals surface area contributed by atoms with Gasteiger partial charge in [-0.15, -0.1) is 0 Å². The highest BCUT2D eigenvalue weighted by Gasteiger charge is 2.09. The minimum absolute atomic E-state index is 0.0130. The Morgan fingerprint density at radius 3 is 2.62 bits per heavy atom. The molecule has 0 saturated carbocycles. The van der Waals surface area contributed by atoms with Gasteiger partial charge in [-0.3, -0.25) is 9.79 Å². The van der Waals surface area contributed by atoms with Crippen molar-refractivity contribution in [1.29, 1.82) is 0 Å². The zero-order valence-electron chi connectivity index (χ0n) is 17.3. The van der Waals surface area contributed by atoms with Gasteiger partial charge < -0.3 is 25.8 Å². The van der Waals surface area contributed by atoms with E-state index in [9.17, 15) is 4.79 Å². The normalized spacial score (nSPS) is 12.2. The third-order valence-electron chi connectivity index (χ3n) is 4.25. The number of guanidine groups is 1. The zero-order chi connectivity index (χ0) is 21.1. The van der Waals surface area contributed by atoms with Gasteiger partial charge in [0.1, 0.15) is 11.5 Å². The molecular weight excluding hydrogens is 368 g/mol. The Morgan fingerprint density at radius 1 is 1.17 bits per heavy atom. The Morgan fingerprint density at radius 2 is 1.93 bits per heavy atom. The van der Waals surface area contributed by atoms with Gasteiger partial charge in [0.25, 0.3) is 0 Å². The molecular formula is C22H30N4O3.